The first-order valence-corrected chi connectivity index (χ1v) is 7.53. The molecule has 7 heteroatoms. The van der Waals surface area contributed by atoms with Crippen LogP contribution >= 0.6 is 11.3 Å². The van der Waals surface area contributed by atoms with Crippen LogP contribution in [0.3, 0.4) is 0 Å². The van der Waals surface area contributed by atoms with Crippen LogP contribution in [-0.4, -0.2) is 21.8 Å². The summed E-state index contributed by atoms with van der Waals surface area (Å²) in [6.45, 7) is 2.82. The minimum Gasteiger partial charge on any atom is -0.350 e. The standard InChI is InChI=1S/C15H15N5OS/c1-10-11(6-12(22-10)7-18-19-15(16)21)8-20-9-17-13-4-2-3-5-14(13)20/h2-7,9H,8H2,1H3,(H3,16,19,21)/b18-7-. The topological polar surface area (TPSA) is 85.3 Å². The maximum atomic E-state index is 10.6. The summed E-state index contributed by atoms with van der Waals surface area (Å²) in [5.41, 5.74) is 10.5. The van der Waals surface area contributed by atoms with Gasteiger partial charge in [-0.25, -0.2) is 15.2 Å². The average Bonchev–Trinajstić information content (AvgIpc) is 3.04. The number of nitrogens with zero attached hydrogens (tertiary/aromatic N) is 3. The molecule has 112 valence electrons. The Morgan fingerprint density at radius 3 is 3.14 bits per heavy atom. The third kappa shape index (κ3) is 2.99. The van der Waals surface area contributed by atoms with Crippen LogP contribution in [-0.2, 0) is 6.54 Å². The highest BCUT2D eigenvalue weighted by molar-refractivity contribution is 7.13. The number of benzene rings is 1. The van der Waals surface area contributed by atoms with Gasteiger partial charge in [-0.3, -0.25) is 0 Å². The third-order valence-electron chi connectivity index (χ3n) is 3.27. The van der Waals surface area contributed by atoms with Gasteiger partial charge < -0.3 is 10.3 Å². The highest BCUT2D eigenvalue weighted by atomic mass is 32.1. The molecule has 6 nitrogen and oxygen atoms in total. The van der Waals surface area contributed by atoms with Crippen molar-refractivity contribution in [3.63, 3.8) is 0 Å². The largest absolute Gasteiger partial charge is 0.350 e. The molecule has 0 fully saturated rings. The number of para-hydroxylation sites is 2. The fourth-order valence-corrected chi connectivity index (χ4v) is 3.16. The molecule has 0 saturated carbocycles. The predicted molar refractivity (Wildman–Crippen MR) is 88.2 cm³/mol. The number of aryl methyl sites for hydroxylation is 1. The van der Waals surface area contributed by atoms with Crippen LogP contribution in [0.5, 0.6) is 0 Å². The number of aromatic nitrogens is 2. The molecule has 0 saturated heterocycles. The Balaban J connectivity index is 1.82. The number of imidazole rings is 1. The molecule has 22 heavy (non-hydrogen) atoms. The van der Waals surface area contributed by atoms with E-state index >= 15 is 0 Å². The first-order chi connectivity index (χ1) is 10.6. The molecule has 0 atom stereocenters. The minimum absolute atomic E-state index is 0.672. The fraction of sp³-hybridized carbons (Fsp3) is 0.133. The van der Waals surface area contributed by atoms with Crippen LogP contribution in [0.1, 0.15) is 15.3 Å². The van der Waals surface area contributed by atoms with Gasteiger partial charge in [-0.1, -0.05) is 12.1 Å². The number of nitrogens with one attached hydrogen (secondary N) is 1. The number of carbonyl (C=O) groups is 1. The second-order valence-electron chi connectivity index (χ2n) is 4.83. The van der Waals surface area contributed by atoms with Crippen molar-refractivity contribution in [3.05, 3.63) is 52.0 Å². The van der Waals surface area contributed by atoms with E-state index < -0.39 is 6.03 Å². The molecule has 0 aliphatic heterocycles. The number of carbonyl (C=O) groups excluding carboxylic acids is 1. The highest BCUT2D eigenvalue weighted by Crippen LogP contribution is 2.22. The number of nitrogens with two attached hydrogens (primary N) is 1. The van der Waals surface area contributed by atoms with E-state index in [9.17, 15) is 4.79 Å². The van der Waals surface area contributed by atoms with Gasteiger partial charge in [-0.05, 0) is 30.7 Å². The summed E-state index contributed by atoms with van der Waals surface area (Å²) in [5.74, 6) is 0. The van der Waals surface area contributed by atoms with E-state index in [0.29, 0.717) is 0 Å². The lowest BCUT2D eigenvalue weighted by atomic mass is 10.2. The number of hydrazone groups is 1. The van der Waals surface area contributed by atoms with Crippen molar-refractivity contribution in [1.29, 1.82) is 0 Å². The summed E-state index contributed by atoms with van der Waals surface area (Å²) in [5, 5.41) is 3.78. The number of primary amides is 1. The Hall–Kier alpha value is -2.67. The summed E-state index contributed by atoms with van der Waals surface area (Å²) in [4.78, 5) is 17.2. The molecule has 0 radical (unpaired) electrons. The first kappa shape index (κ1) is 14.3. The first-order valence-electron chi connectivity index (χ1n) is 6.71. The van der Waals surface area contributed by atoms with Gasteiger partial charge >= 0.3 is 6.03 Å². The SMILES string of the molecule is Cc1sc(/C=N\NC(N)=O)cc1Cn1cnc2ccccc21. The second-order valence-corrected chi connectivity index (χ2v) is 6.11. The van der Waals surface area contributed by atoms with E-state index in [1.165, 1.54) is 10.4 Å². The molecule has 0 aliphatic carbocycles. The maximum absolute atomic E-state index is 10.6. The highest BCUT2D eigenvalue weighted by Gasteiger charge is 2.07. The van der Waals surface area contributed by atoms with Gasteiger partial charge in [-0.15, -0.1) is 11.3 Å². The van der Waals surface area contributed by atoms with E-state index in [4.69, 9.17) is 5.73 Å². The molecule has 0 bridgehead atoms. The van der Waals surface area contributed by atoms with Crippen molar-refractivity contribution < 1.29 is 4.79 Å². The third-order valence-corrected chi connectivity index (χ3v) is 4.30. The Kier molecular flexibility index (Phi) is 3.88. The van der Waals surface area contributed by atoms with Crippen molar-refractivity contribution in [2.75, 3.05) is 0 Å². The fourth-order valence-electron chi connectivity index (χ4n) is 2.25. The second kappa shape index (κ2) is 5.98. The number of rotatable bonds is 4. The number of hydrogen-bond acceptors (Lipinski definition) is 4. The van der Waals surface area contributed by atoms with E-state index in [2.05, 4.69) is 39.1 Å². The van der Waals surface area contributed by atoms with Gasteiger partial charge in [0.1, 0.15) is 0 Å². The Morgan fingerprint density at radius 1 is 1.50 bits per heavy atom. The zero-order chi connectivity index (χ0) is 15.5. The van der Waals surface area contributed by atoms with Crippen molar-refractivity contribution >= 4 is 34.6 Å². The maximum Gasteiger partial charge on any atom is 0.332 e. The molecule has 0 spiro atoms. The average molecular weight is 313 g/mol. The predicted octanol–water partition coefficient (Wildman–Crippen LogP) is 2.46. The summed E-state index contributed by atoms with van der Waals surface area (Å²) < 4.78 is 2.12. The molecule has 3 aromatic rings. The zero-order valence-corrected chi connectivity index (χ0v) is 12.8. The number of amides is 2. The van der Waals surface area contributed by atoms with E-state index in [0.717, 1.165) is 22.5 Å². The molecule has 0 aliphatic rings. The smallest absolute Gasteiger partial charge is 0.332 e. The quantitative estimate of drug-likeness (QED) is 0.572. The van der Waals surface area contributed by atoms with Gasteiger partial charge in [0.15, 0.2) is 0 Å². The number of hydrogen-bond donors (Lipinski definition) is 2. The molecule has 3 N–H and O–H groups in total. The lowest BCUT2D eigenvalue weighted by molar-refractivity contribution is 0.249. The van der Waals surface area contributed by atoms with Crippen molar-refractivity contribution in [3.8, 4) is 0 Å². The Labute approximate surface area is 131 Å². The van der Waals surface area contributed by atoms with E-state index in [1.807, 2.05) is 24.5 Å². The molecule has 3 rings (SSSR count). The monoisotopic (exact) mass is 313 g/mol. The van der Waals surface area contributed by atoms with Crippen LogP contribution in [0.15, 0.2) is 41.8 Å². The molecular formula is C15H15N5OS. The van der Waals surface area contributed by atoms with Crippen LogP contribution < -0.4 is 11.2 Å². The number of urea groups is 1. The molecule has 2 heterocycles. The molecular weight excluding hydrogens is 298 g/mol. The lowest BCUT2D eigenvalue weighted by Crippen LogP contribution is -2.24. The minimum atomic E-state index is -0.672. The lowest BCUT2D eigenvalue weighted by Gasteiger charge is -2.03. The van der Waals surface area contributed by atoms with Crippen molar-refractivity contribution in [2.45, 2.75) is 13.5 Å². The van der Waals surface area contributed by atoms with Crippen LogP contribution in [0.2, 0.25) is 0 Å². The number of fused-ring (bicyclic) bond motifs is 1. The van der Waals surface area contributed by atoms with Crippen LogP contribution in [0, 0.1) is 6.92 Å². The molecule has 1 aromatic carbocycles. The van der Waals surface area contributed by atoms with Crippen molar-refractivity contribution in [1.82, 2.24) is 15.0 Å². The van der Waals surface area contributed by atoms with Gasteiger partial charge in [0, 0.05) is 9.75 Å². The van der Waals surface area contributed by atoms with Crippen LogP contribution in [0.4, 0.5) is 4.79 Å². The van der Waals surface area contributed by atoms with Crippen molar-refractivity contribution in [2.24, 2.45) is 10.8 Å². The Bertz CT molecular complexity index is 849. The van der Waals surface area contributed by atoms with Gasteiger partial charge in [0.05, 0.1) is 30.1 Å². The molecule has 2 amide bonds. The summed E-state index contributed by atoms with van der Waals surface area (Å²) in [7, 11) is 0. The zero-order valence-electron chi connectivity index (χ0n) is 12.0. The summed E-state index contributed by atoms with van der Waals surface area (Å²) in [6.07, 6.45) is 3.45. The molecule has 2 aromatic heterocycles. The van der Waals surface area contributed by atoms with Gasteiger partial charge in [-0.2, -0.15) is 5.10 Å². The van der Waals surface area contributed by atoms with Gasteiger partial charge in [0.2, 0.25) is 0 Å². The Morgan fingerprint density at radius 2 is 2.32 bits per heavy atom. The number of thiophene rings is 1. The van der Waals surface area contributed by atoms with E-state index in [1.54, 1.807) is 17.6 Å². The van der Waals surface area contributed by atoms with Gasteiger partial charge in [0.25, 0.3) is 0 Å². The normalized spacial score (nSPS) is 11.3. The summed E-state index contributed by atoms with van der Waals surface area (Å²) in [6, 6.07) is 9.43. The molecule has 0 unspecified atom stereocenters. The summed E-state index contributed by atoms with van der Waals surface area (Å²) >= 11 is 1.62. The van der Waals surface area contributed by atoms with E-state index in [-0.39, 0.29) is 0 Å². The van der Waals surface area contributed by atoms with Crippen LogP contribution in [0.25, 0.3) is 11.0 Å².